The van der Waals surface area contributed by atoms with Crippen molar-refractivity contribution in [3.8, 4) is 0 Å². The summed E-state index contributed by atoms with van der Waals surface area (Å²) in [6.07, 6.45) is 1.98. The summed E-state index contributed by atoms with van der Waals surface area (Å²) < 4.78 is 4.94. The van der Waals surface area contributed by atoms with Crippen molar-refractivity contribution < 1.29 is 19.1 Å². The Kier molecular flexibility index (Phi) is 5.98. The fraction of sp³-hybridized carbons (Fsp3) is 0.438. The molecule has 124 valence electrons. The molecule has 1 aromatic carbocycles. The van der Waals surface area contributed by atoms with Crippen LogP contribution in [-0.4, -0.2) is 48.9 Å². The lowest BCUT2D eigenvalue weighted by molar-refractivity contribution is -0.151. The summed E-state index contributed by atoms with van der Waals surface area (Å²) in [6.45, 7) is -0.437. The molecule has 0 unspecified atom stereocenters. The number of rotatable bonds is 7. The largest absolute Gasteiger partial charge is 0.455 e. The Hall–Kier alpha value is -2.08. The van der Waals surface area contributed by atoms with Crippen molar-refractivity contribution in [3.05, 3.63) is 34.9 Å². The fourth-order valence-corrected chi connectivity index (χ4v) is 2.11. The van der Waals surface area contributed by atoms with Crippen LogP contribution in [0.25, 0.3) is 0 Å². The van der Waals surface area contributed by atoms with Gasteiger partial charge in [0.15, 0.2) is 6.61 Å². The Morgan fingerprint density at radius 1 is 1.30 bits per heavy atom. The van der Waals surface area contributed by atoms with Gasteiger partial charge in [0.25, 0.3) is 5.91 Å². The maximum Gasteiger partial charge on any atom is 0.310 e. The van der Waals surface area contributed by atoms with E-state index in [0.717, 1.165) is 12.8 Å². The quantitative estimate of drug-likeness (QED) is 0.757. The van der Waals surface area contributed by atoms with Crippen molar-refractivity contribution >= 4 is 29.4 Å². The molecule has 0 atom stereocenters. The summed E-state index contributed by atoms with van der Waals surface area (Å²) in [5.41, 5.74) is 0.642. The Labute approximate surface area is 139 Å². The Bertz CT molecular complexity index is 601. The molecule has 1 aromatic rings. The highest BCUT2D eigenvalue weighted by Crippen LogP contribution is 2.18. The van der Waals surface area contributed by atoms with E-state index in [2.05, 4.69) is 5.32 Å². The maximum atomic E-state index is 11.8. The van der Waals surface area contributed by atoms with Crippen LogP contribution < -0.4 is 5.32 Å². The molecular weight excluding hydrogens is 320 g/mol. The average Bonchev–Trinajstić information content (AvgIpc) is 3.30. The summed E-state index contributed by atoms with van der Waals surface area (Å²) in [6, 6.07) is 7.19. The van der Waals surface area contributed by atoms with E-state index in [1.807, 2.05) is 0 Å². The van der Waals surface area contributed by atoms with E-state index in [4.69, 9.17) is 16.3 Å². The summed E-state index contributed by atoms with van der Waals surface area (Å²) >= 11 is 5.96. The Morgan fingerprint density at radius 2 is 2.00 bits per heavy atom. The van der Waals surface area contributed by atoms with E-state index in [9.17, 15) is 14.4 Å². The average molecular weight is 339 g/mol. The van der Waals surface area contributed by atoms with Gasteiger partial charge in [-0.3, -0.25) is 14.4 Å². The number of nitrogens with one attached hydrogen (secondary N) is 1. The molecule has 7 heteroatoms. The molecule has 0 bridgehead atoms. The normalized spacial score (nSPS) is 13.3. The van der Waals surface area contributed by atoms with Gasteiger partial charge in [-0.15, -0.1) is 0 Å². The number of amides is 2. The van der Waals surface area contributed by atoms with Crippen LogP contribution in [0, 0.1) is 0 Å². The van der Waals surface area contributed by atoms with Gasteiger partial charge in [0.1, 0.15) is 0 Å². The number of nitrogens with zero attached hydrogens (tertiary/aromatic N) is 1. The van der Waals surface area contributed by atoms with Gasteiger partial charge in [0.2, 0.25) is 5.91 Å². The first-order valence-electron chi connectivity index (χ1n) is 7.38. The first-order valence-corrected chi connectivity index (χ1v) is 7.76. The number of likely N-dealkylation sites (N-methyl/N-ethyl adjacent to an activating group) is 1. The van der Waals surface area contributed by atoms with Gasteiger partial charge in [-0.25, -0.2) is 0 Å². The zero-order valence-corrected chi connectivity index (χ0v) is 13.6. The number of carbonyl (C=O) groups is 3. The van der Waals surface area contributed by atoms with Crippen molar-refractivity contribution in [2.75, 3.05) is 20.2 Å². The SMILES string of the molecule is CN(CC(=O)NC1CC1)C(=O)COC(=O)Cc1ccccc1Cl. The van der Waals surface area contributed by atoms with Gasteiger partial charge in [0, 0.05) is 18.1 Å². The third-order valence-corrected chi connectivity index (χ3v) is 3.77. The van der Waals surface area contributed by atoms with Crippen LogP contribution in [0.1, 0.15) is 18.4 Å². The van der Waals surface area contributed by atoms with Gasteiger partial charge in [-0.1, -0.05) is 29.8 Å². The minimum Gasteiger partial charge on any atom is -0.455 e. The number of hydrogen-bond donors (Lipinski definition) is 1. The molecule has 1 N–H and O–H groups in total. The van der Waals surface area contributed by atoms with E-state index in [1.165, 1.54) is 11.9 Å². The van der Waals surface area contributed by atoms with E-state index in [-0.39, 0.29) is 24.9 Å². The predicted molar refractivity (Wildman–Crippen MR) is 84.9 cm³/mol. The molecule has 0 radical (unpaired) electrons. The van der Waals surface area contributed by atoms with E-state index in [1.54, 1.807) is 24.3 Å². The highest BCUT2D eigenvalue weighted by Gasteiger charge is 2.24. The number of ether oxygens (including phenoxy) is 1. The highest BCUT2D eigenvalue weighted by molar-refractivity contribution is 6.31. The van der Waals surface area contributed by atoms with Crippen molar-refractivity contribution in [2.45, 2.75) is 25.3 Å². The van der Waals surface area contributed by atoms with Crippen molar-refractivity contribution in [2.24, 2.45) is 0 Å². The Balaban J connectivity index is 1.71. The van der Waals surface area contributed by atoms with Crippen molar-refractivity contribution in [3.63, 3.8) is 0 Å². The summed E-state index contributed by atoms with van der Waals surface area (Å²) in [4.78, 5) is 36.4. The van der Waals surface area contributed by atoms with Gasteiger partial charge >= 0.3 is 5.97 Å². The molecule has 2 rings (SSSR count). The molecule has 0 aromatic heterocycles. The number of hydrogen-bond acceptors (Lipinski definition) is 4. The molecule has 6 nitrogen and oxygen atoms in total. The van der Waals surface area contributed by atoms with E-state index in [0.29, 0.717) is 10.6 Å². The molecule has 1 saturated carbocycles. The minimum absolute atomic E-state index is 0.00116. The standard InChI is InChI=1S/C16H19ClN2O4/c1-19(9-14(20)18-12-6-7-12)15(21)10-23-16(22)8-11-4-2-3-5-13(11)17/h2-5,12H,6-10H2,1H3,(H,18,20). The van der Waals surface area contributed by atoms with Crippen molar-refractivity contribution in [1.29, 1.82) is 0 Å². The topological polar surface area (TPSA) is 75.7 Å². The third kappa shape index (κ3) is 5.90. The van der Waals surface area contributed by atoms with E-state index >= 15 is 0 Å². The molecule has 0 saturated heterocycles. The predicted octanol–water partition coefficient (Wildman–Crippen LogP) is 1.16. The molecular formula is C16H19ClN2O4. The minimum atomic E-state index is -0.540. The van der Waals surface area contributed by atoms with Crippen LogP contribution in [0.15, 0.2) is 24.3 Å². The molecule has 0 spiro atoms. The fourth-order valence-electron chi connectivity index (χ4n) is 1.91. The molecule has 0 heterocycles. The van der Waals surface area contributed by atoms with Crippen LogP contribution >= 0.6 is 11.6 Å². The zero-order valence-electron chi connectivity index (χ0n) is 12.9. The number of benzene rings is 1. The van der Waals surface area contributed by atoms with Crippen LogP contribution in [-0.2, 0) is 25.5 Å². The molecule has 1 fully saturated rings. The monoisotopic (exact) mass is 338 g/mol. The van der Waals surface area contributed by atoms with Crippen LogP contribution in [0.2, 0.25) is 5.02 Å². The molecule has 1 aliphatic carbocycles. The maximum absolute atomic E-state index is 11.8. The lowest BCUT2D eigenvalue weighted by Gasteiger charge is -2.16. The molecule has 23 heavy (non-hydrogen) atoms. The second-order valence-corrected chi connectivity index (χ2v) is 5.93. The lowest BCUT2D eigenvalue weighted by Crippen LogP contribution is -2.40. The van der Waals surface area contributed by atoms with Gasteiger partial charge < -0.3 is 15.0 Å². The lowest BCUT2D eigenvalue weighted by atomic mass is 10.1. The number of esters is 1. The zero-order chi connectivity index (χ0) is 16.8. The van der Waals surface area contributed by atoms with Gasteiger partial charge in [-0.05, 0) is 24.5 Å². The second-order valence-electron chi connectivity index (χ2n) is 5.52. The highest BCUT2D eigenvalue weighted by atomic mass is 35.5. The third-order valence-electron chi connectivity index (χ3n) is 3.40. The van der Waals surface area contributed by atoms with Gasteiger partial charge in [-0.2, -0.15) is 0 Å². The van der Waals surface area contributed by atoms with Gasteiger partial charge in [0.05, 0.1) is 13.0 Å². The number of carbonyl (C=O) groups excluding carboxylic acids is 3. The van der Waals surface area contributed by atoms with Crippen molar-refractivity contribution in [1.82, 2.24) is 10.2 Å². The summed E-state index contributed by atoms with van der Waals surface area (Å²) in [5, 5.41) is 3.26. The molecule has 2 amide bonds. The molecule has 1 aliphatic rings. The first kappa shape index (κ1) is 17.3. The van der Waals surface area contributed by atoms with Crippen LogP contribution in [0.5, 0.6) is 0 Å². The second kappa shape index (κ2) is 7.97. The molecule has 0 aliphatic heterocycles. The smallest absolute Gasteiger partial charge is 0.310 e. The number of halogens is 1. The summed E-state index contributed by atoms with van der Waals surface area (Å²) in [5.74, 6) is -1.17. The van der Waals surface area contributed by atoms with Crippen LogP contribution in [0.4, 0.5) is 0 Å². The summed E-state index contributed by atoms with van der Waals surface area (Å²) in [7, 11) is 1.50. The van der Waals surface area contributed by atoms with E-state index < -0.39 is 18.5 Å². The van der Waals surface area contributed by atoms with Crippen LogP contribution in [0.3, 0.4) is 0 Å². The first-order chi connectivity index (χ1) is 11.0. The Morgan fingerprint density at radius 3 is 2.65 bits per heavy atom.